The van der Waals surface area contributed by atoms with Gasteiger partial charge in [-0.25, -0.2) is 8.42 Å². The molecule has 0 atom stereocenters. The summed E-state index contributed by atoms with van der Waals surface area (Å²) in [6.07, 6.45) is 0.393. The van der Waals surface area contributed by atoms with E-state index in [9.17, 15) is 13.2 Å². The second-order valence-corrected chi connectivity index (χ2v) is 6.28. The quantitative estimate of drug-likeness (QED) is 0.532. The zero-order valence-electron chi connectivity index (χ0n) is 11.1. The first-order valence-electron chi connectivity index (χ1n) is 5.85. The Morgan fingerprint density at radius 2 is 2.00 bits per heavy atom. The first-order chi connectivity index (χ1) is 8.98. The lowest BCUT2D eigenvalue weighted by atomic mass is 10.1. The van der Waals surface area contributed by atoms with Gasteiger partial charge < -0.3 is 9.47 Å². The number of Topliss-reactive ketones (excluding diaryl/α,β-unsaturated/α-hetero) is 1. The van der Waals surface area contributed by atoms with Gasteiger partial charge in [0, 0.05) is 19.3 Å². The van der Waals surface area contributed by atoms with Crippen molar-refractivity contribution in [3.8, 4) is 5.75 Å². The number of ketones is 1. The van der Waals surface area contributed by atoms with Gasteiger partial charge in [0.25, 0.3) is 0 Å². The molecule has 0 aliphatic carbocycles. The zero-order valence-corrected chi connectivity index (χ0v) is 11.9. The van der Waals surface area contributed by atoms with Crippen LogP contribution in [0.1, 0.15) is 16.8 Å². The minimum Gasteiger partial charge on any atom is -0.497 e. The molecule has 0 spiro atoms. The Kier molecular flexibility index (Phi) is 5.98. The van der Waals surface area contributed by atoms with Crippen molar-refractivity contribution >= 4 is 15.6 Å². The summed E-state index contributed by atoms with van der Waals surface area (Å²) in [5.41, 5.74) is 0.342. The third-order valence-electron chi connectivity index (χ3n) is 2.55. The van der Waals surface area contributed by atoms with Gasteiger partial charge in [-0.2, -0.15) is 0 Å². The molecule has 106 valence electrons. The number of rotatable bonds is 8. The Morgan fingerprint density at radius 1 is 1.26 bits per heavy atom. The maximum absolute atomic E-state index is 11.9. The highest BCUT2D eigenvalue weighted by atomic mass is 32.2. The van der Waals surface area contributed by atoms with Gasteiger partial charge in [-0.05, 0) is 18.6 Å². The van der Waals surface area contributed by atoms with Crippen molar-refractivity contribution in [1.29, 1.82) is 0 Å². The van der Waals surface area contributed by atoms with Gasteiger partial charge in [0.2, 0.25) is 0 Å². The molecule has 19 heavy (non-hydrogen) atoms. The van der Waals surface area contributed by atoms with E-state index in [1.165, 1.54) is 20.3 Å². The molecule has 0 fully saturated rings. The van der Waals surface area contributed by atoms with Crippen molar-refractivity contribution in [3.05, 3.63) is 29.8 Å². The third kappa shape index (κ3) is 5.40. The van der Waals surface area contributed by atoms with Crippen molar-refractivity contribution in [3.63, 3.8) is 0 Å². The number of hydrogen-bond acceptors (Lipinski definition) is 5. The van der Waals surface area contributed by atoms with Crippen LogP contribution in [0.2, 0.25) is 0 Å². The van der Waals surface area contributed by atoms with Gasteiger partial charge in [0.1, 0.15) is 11.5 Å². The number of ether oxygens (including phenoxy) is 2. The molecule has 1 aromatic carbocycles. The van der Waals surface area contributed by atoms with Gasteiger partial charge >= 0.3 is 0 Å². The Labute approximate surface area is 113 Å². The molecule has 1 aromatic rings. The van der Waals surface area contributed by atoms with Crippen LogP contribution in [-0.4, -0.2) is 46.5 Å². The second kappa shape index (κ2) is 7.25. The van der Waals surface area contributed by atoms with Crippen LogP contribution in [-0.2, 0) is 14.6 Å². The van der Waals surface area contributed by atoms with Crippen molar-refractivity contribution in [2.45, 2.75) is 6.42 Å². The number of hydrogen-bond donors (Lipinski definition) is 0. The predicted molar refractivity (Wildman–Crippen MR) is 72.5 cm³/mol. The van der Waals surface area contributed by atoms with Crippen molar-refractivity contribution < 1.29 is 22.7 Å². The molecule has 0 aromatic heterocycles. The van der Waals surface area contributed by atoms with E-state index in [0.717, 1.165) is 0 Å². The molecular weight excluding hydrogens is 268 g/mol. The normalized spacial score (nSPS) is 11.3. The topological polar surface area (TPSA) is 69.7 Å². The molecule has 0 saturated heterocycles. The van der Waals surface area contributed by atoms with Crippen molar-refractivity contribution in [2.24, 2.45) is 0 Å². The SMILES string of the molecule is COCCCS(=O)(=O)CC(=O)c1cccc(OC)c1. The summed E-state index contributed by atoms with van der Waals surface area (Å²) < 4.78 is 33.3. The molecular formula is C13H18O5S. The Balaban J connectivity index is 2.67. The van der Waals surface area contributed by atoms with E-state index in [4.69, 9.17) is 9.47 Å². The zero-order chi connectivity index (χ0) is 14.3. The highest BCUT2D eigenvalue weighted by Crippen LogP contribution is 2.13. The summed E-state index contributed by atoms with van der Waals surface area (Å²) in [5.74, 6) is -0.417. The van der Waals surface area contributed by atoms with Crippen LogP contribution >= 0.6 is 0 Å². The number of benzene rings is 1. The van der Waals surface area contributed by atoms with E-state index in [1.54, 1.807) is 18.2 Å². The summed E-state index contributed by atoms with van der Waals surface area (Å²) in [4.78, 5) is 11.9. The van der Waals surface area contributed by atoms with Crippen LogP contribution in [0, 0.1) is 0 Å². The lowest BCUT2D eigenvalue weighted by Gasteiger charge is -2.05. The summed E-state index contributed by atoms with van der Waals surface area (Å²) >= 11 is 0. The van der Waals surface area contributed by atoms with Gasteiger partial charge in [0.05, 0.1) is 12.9 Å². The summed E-state index contributed by atoms with van der Waals surface area (Å²) in [6, 6.07) is 6.47. The van der Waals surface area contributed by atoms with E-state index < -0.39 is 21.4 Å². The lowest BCUT2D eigenvalue weighted by molar-refractivity contribution is 0.102. The van der Waals surface area contributed by atoms with Crippen LogP contribution in [0.5, 0.6) is 5.75 Å². The average Bonchev–Trinajstić information content (AvgIpc) is 2.38. The van der Waals surface area contributed by atoms with Gasteiger partial charge in [-0.3, -0.25) is 4.79 Å². The van der Waals surface area contributed by atoms with Crippen LogP contribution in [0.4, 0.5) is 0 Å². The molecule has 6 heteroatoms. The Morgan fingerprint density at radius 3 is 2.63 bits per heavy atom. The monoisotopic (exact) mass is 286 g/mol. The number of carbonyl (C=O) groups is 1. The summed E-state index contributed by atoms with van der Waals surface area (Å²) in [6.45, 7) is 0.368. The van der Waals surface area contributed by atoms with Crippen LogP contribution in [0.3, 0.4) is 0 Å². The number of methoxy groups -OCH3 is 2. The van der Waals surface area contributed by atoms with Crippen LogP contribution < -0.4 is 4.74 Å². The molecule has 0 radical (unpaired) electrons. The molecule has 0 unspecified atom stereocenters. The van der Waals surface area contributed by atoms with Crippen molar-refractivity contribution in [2.75, 3.05) is 32.3 Å². The van der Waals surface area contributed by atoms with Crippen molar-refractivity contribution in [1.82, 2.24) is 0 Å². The molecule has 0 N–H and O–H groups in total. The first kappa shape index (κ1) is 15.7. The minimum atomic E-state index is -3.39. The second-order valence-electron chi connectivity index (χ2n) is 4.09. The fourth-order valence-corrected chi connectivity index (χ4v) is 2.84. The maximum Gasteiger partial charge on any atom is 0.178 e. The summed E-state index contributed by atoms with van der Waals surface area (Å²) in [7, 11) is -0.392. The van der Waals surface area contributed by atoms with Crippen LogP contribution in [0.15, 0.2) is 24.3 Å². The van der Waals surface area contributed by atoms with E-state index in [1.807, 2.05) is 0 Å². The minimum absolute atomic E-state index is 0.0451. The van der Waals surface area contributed by atoms with E-state index >= 15 is 0 Å². The standard InChI is InChI=1S/C13H18O5S/c1-17-7-4-8-19(15,16)10-13(14)11-5-3-6-12(9-11)18-2/h3,5-6,9H,4,7-8,10H2,1-2H3. The fraction of sp³-hybridized carbons (Fsp3) is 0.462. The highest BCUT2D eigenvalue weighted by molar-refractivity contribution is 7.92. The van der Waals surface area contributed by atoms with E-state index in [2.05, 4.69) is 0 Å². The Hall–Kier alpha value is -1.40. The largest absolute Gasteiger partial charge is 0.497 e. The molecule has 0 heterocycles. The molecule has 5 nitrogen and oxygen atoms in total. The highest BCUT2D eigenvalue weighted by Gasteiger charge is 2.18. The molecule has 0 amide bonds. The van der Waals surface area contributed by atoms with Crippen LogP contribution in [0.25, 0.3) is 0 Å². The first-order valence-corrected chi connectivity index (χ1v) is 7.67. The van der Waals surface area contributed by atoms with Gasteiger partial charge in [-0.1, -0.05) is 12.1 Å². The molecule has 0 aliphatic rings. The lowest BCUT2D eigenvalue weighted by Crippen LogP contribution is -2.19. The number of sulfone groups is 1. The maximum atomic E-state index is 11.9. The number of carbonyl (C=O) groups excluding carboxylic acids is 1. The Bertz CT molecular complexity index is 522. The molecule has 0 saturated carbocycles. The summed E-state index contributed by atoms with van der Waals surface area (Å²) in [5, 5.41) is 0. The van der Waals surface area contributed by atoms with Gasteiger partial charge in [-0.15, -0.1) is 0 Å². The van der Waals surface area contributed by atoms with E-state index in [-0.39, 0.29) is 5.75 Å². The molecule has 1 rings (SSSR count). The fourth-order valence-electron chi connectivity index (χ4n) is 1.57. The predicted octanol–water partition coefficient (Wildman–Crippen LogP) is 1.33. The smallest absolute Gasteiger partial charge is 0.178 e. The van der Waals surface area contributed by atoms with E-state index in [0.29, 0.717) is 24.3 Å². The third-order valence-corrected chi connectivity index (χ3v) is 4.16. The average molecular weight is 286 g/mol. The molecule has 0 bridgehead atoms. The van der Waals surface area contributed by atoms with Gasteiger partial charge in [0.15, 0.2) is 15.6 Å². The molecule has 0 aliphatic heterocycles.